The predicted octanol–water partition coefficient (Wildman–Crippen LogP) is 1.13. The summed E-state index contributed by atoms with van der Waals surface area (Å²) >= 11 is 0. The SMILES string of the molecule is CC1(O)CCN(Cc2cc([N+](=O)[O-])ccc2N)C1. The van der Waals surface area contributed by atoms with E-state index in [0.717, 1.165) is 12.1 Å². The monoisotopic (exact) mass is 251 g/mol. The number of nitrogens with two attached hydrogens (primary N) is 1. The van der Waals surface area contributed by atoms with Gasteiger partial charge in [0.15, 0.2) is 0 Å². The second kappa shape index (κ2) is 4.55. The van der Waals surface area contributed by atoms with Crippen molar-refractivity contribution in [2.24, 2.45) is 0 Å². The van der Waals surface area contributed by atoms with Gasteiger partial charge in [0.25, 0.3) is 5.69 Å². The molecule has 0 bridgehead atoms. The third-order valence-electron chi connectivity index (χ3n) is 3.26. The Morgan fingerprint density at radius 1 is 1.61 bits per heavy atom. The number of hydrogen-bond acceptors (Lipinski definition) is 5. The Bertz CT molecular complexity index is 474. The van der Waals surface area contributed by atoms with Gasteiger partial charge in [0.05, 0.1) is 10.5 Å². The number of anilines is 1. The van der Waals surface area contributed by atoms with Crippen LogP contribution >= 0.6 is 0 Å². The highest BCUT2D eigenvalue weighted by atomic mass is 16.6. The van der Waals surface area contributed by atoms with E-state index in [1.54, 1.807) is 13.0 Å². The fraction of sp³-hybridized carbons (Fsp3) is 0.500. The molecule has 1 atom stereocenters. The number of nitrogen functional groups attached to an aromatic ring is 1. The molecule has 0 saturated carbocycles. The van der Waals surface area contributed by atoms with Crippen molar-refractivity contribution in [3.05, 3.63) is 33.9 Å². The van der Waals surface area contributed by atoms with E-state index in [1.165, 1.54) is 12.1 Å². The fourth-order valence-corrected chi connectivity index (χ4v) is 2.26. The first kappa shape index (κ1) is 12.8. The zero-order valence-corrected chi connectivity index (χ0v) is 10.3. The average molecular weight is 251 g/mol. The number of likely N-dealkylation sites (tertiary alicyclic amines) is 1. The van der Waals surface area contributed by atoms with Crippen molar-refractivity contribution < 1.29 is 10.0 Å². The number of hydrogen-bond donors (Lipinski definition) is 2. The maximum Gasteiger partial charge on any atom is 0.269 e. The van der Waals surface area contributed by atoms with Gasteiger partial charge in [-0.2, -0.15) is 0 Å². The highest BCUT2D eigenvalue weighted by molar-refractivity contribution is 5.52. The standard InChI is InChI=1S/C12H17N3O3/c1-12(16)4-5-14(8-12)7-9-6-10(15(17)18)2-3-11(9)13/h2-3,6,16H,4-5,7-8,13H2,1H3. The van der Waals surface area contributed by atoms with E-state index in [9.17, 15) is 15.2 Å². The number of aliphatic hydroxyl groups is 1. The average Bonchev–Trinajstić information content (AvgIpc) is 2.61. The Morgan fingerprint density at radius 3 is 2.89 bits per heavy atom. The second-order valence-electron chi connectivity index (χ2n) is 5.10. The summed E-state index contributed by atoms with van der Waals surface area (Å²) in [5.41, 5.74) is 6.48. The molecule has 6 heteroatoms. The molecule has 3 N–H and O–H groups in total. The highest BCUT2D eigenvalue weighted by Gasteiger charge is 2.31. The molecule has 18 heavy (non-hydrogen) atoms. The van der Waals surface area contributed by atoms with Crippen LogP contribution in [0.25, 0.3) is 0 Å². The molecule has 1 aliphatic heterocycles. The number of non-ortho nitro benzene ring substituents is 1. The van der Waals surface area contributed by atoms with E-state index in [1.807, 2.05) is 0 Å². The third-order valence-corrected chi connectivity index (χ3v) is 3.26. The van der Waals surface area contributed by atoms with Gasteiger partial charge in [-0.05, 0) is 25.0 Å². The van der Waals surface area contributed by atoms with Gasteiger partial charge in [-0.25, -0.2) is 0 Å². The Morgan fingerprint density at radius 2 is 2.33 bits per heavy atom. The third kappa shape index (κ3) is 2.77. The van der Waals surface area contributed by atoms with Crippen LogP contribution in [0, 0.1) is 10.1 Å². The minimum atomic E-state index is -0.671. The van der Waals surface area contributed by atoms with Crippen LogP contribution in [-0.4, -0.2) is 33.6 Å². The van der Waals surface area contributed by atoms with Gasteiger partial charge in [-0.3, -0.25) is 15.0 Å². The molecule has 0 radical (unpaired) electrons. The summed E-state index contributed by atoms with van der Waals surface area (Å²) in [4.78, 5) is 12.3. The molecule has 1 saturated heterocycles. The predicted molar refractivity (Wildman–Crippen MR) is 68.0 cm³/mol. The molecule has 1 heterocycles. The van der Waals surface area contributed by atoms with Crippen molar-refractivity contribution >= 4 is 11.4 Å². The van der Waals surface area contributed by atoms with Crippen molar-refractivity contribution in [1.29, 1.82) is 0 Å². The van der Waals surface area contributed by atoms with E-state index < -0.39 is 10.5 Å². The molecule has 0 amide bonds. The molecular formula is C12H17N3O3. The first-order valence-electron chi connectivity index (χ1n) is 5.85. The molecule has 0 aliphatic carbocycles. The minimum absolute atomic E-state index is 0.0464. The lowest BCUT2D eigenvalue weighted by Gasteiger charge is -2.19. The van der Waals surface area contributed by atoms with E-state index in [4.69, 9.17) is 5.73 Å². The van der Waals surface area contributed by atoms with E-state index in [0.29, 0.717) is 25.2 Å². The van der Waals surface area contributed by atoms with Crippen molar-refractivity contribution in [1.82, 2.24) is 4.90 Å². The minimum Gasteiger partial charge on any atom is -0.398 e. The van der Waals surface area contributed by atoms with Gasteiger partial charge < -0.3 is 10.8 Å². The van der Waals surface area contributed by atoms with Gasteiger partial charge in [0, 0.05) is 37.5 Å². The lowest BCUT2D eigenvalue weighted by Crippen LogP contribution is -2.29. The van der Waals surface area contributed by atoms with Crippen molar-refractivity contribution in [3.8, 4) is 0 Å². The first-order chi connectivity index (χ1) is 8.37. The van der Waals surface area contributed by atoms with E-state index in [2.05, 4.69) is 4.90 Å². The summed E-state index contributed by atoms with van der Waals surface area (Å²) in [6, 6.07) is 4.46. The van der Waals surface area contributed by atoms with Crippen LogP contribution in [0.15, 0.2) is 18.2 Å². The van der Waals surface area contributed by atoms with E-state index in [-0.39, 0.29) is 5.69 Å². The Labute approximate surface area is 105 Å². The quantitative estimate of drug-likeness (QED) is 0.477. The number of β-amino-alcohol motifs (C(OH)–C–C–N with tert-alkyl or cyclic N) is 1. The van der Waals surface area contributed by atoms with Crippen LogP contribution in [0.2, 0.25) is 0 Å². The van der Waals surface area contributed by atoms with Crippen LogP contribution in [0.5, 0.6) is 0 Å². The van der Waals surface area contributed by atoms with Crippen LogP contribution in [-0.2, 0) is 6.54 Å². The molecule has 1 fully saturated rings. The zero-order valence-electron chi connectivity index (χ0n) is 10.3. The van der Waals surface area contributed by atoms with Gasteiger partial charge in [-0.15, -0.1) is 0 Å². The molecule has 0 spiro atoms. The largest absolute Gasteiger partial charge is 0.398 e. The molecular weight excluding hydrogens is 234 g/mol. The normalized spacial score (nSPS) is 24.3. The van der Waals surface area contributed by atoms with Crippen LogP contribution in [0.4, 0.5) is 11.4 Å². The Hall–Kier alpha value is -1.66. The lowest BCUT2D eigenvalue weighted by atomic mass is 10.1. The summed E-state index contributed by atoms with van der Waals surface area (Å²) in [6.45, 7) is 3.66. The van der Waals surface area contributed by atoms with E-state index >= 15 is 0 Å². The van der Waals surface area contributed by atoms with Gasteiger partial charge in [0.2, 0.25) is 0 Å². The summed E-state index contributed by atoms with van der Waals surface area (Å²) in [5.74, 6) is 0. The molecule has 1 aromatic carbocycles. The Kier molecular flexibility index (Phi) is 3.23. The first-order valence-corrected chi connectivity index (χ1v) is 5.85. The molecule has 1 aliphatic rings. The number of nitro benzene ring substituents is 1. The van der Waals surface area contributed by atoms with Gasteiger partial charge in [0.1, 0.15) is 0 Å². The van der Waals surface area contributed by atoms with Crippen molar-refractivity contribution in [2.75, 3.05) is 18.8 Å². The summed E-state index contributed by atoms with van der Waals surface area (Å²) in [6.07, 6.45) is 0.710. The molecule has 98 valence electrons. The zero-order chi connectivity index (χ0) is 13.3. The highest BCUT2D eigenvalue weighted by Crippen LogP contribution is 2.25. The maximum atomic E-state index is 10.7. The van der Waals surface area contributed by atoms with Crippen LogP contribution < -0.4 is 5.73 Å². The topological polar surface area (TPSA) is 92.6 Å². The van der Waals surface area contributed by atoms with Crippen molar-refractivity contribution in [3.63, 3.8) is 0 Å². The molecule has 0 aromatic heterocycles. The summed E-state index contributed by atoms with van der Waals surface area (Å²) in [7, 11) is 0. The van der Waals surface area contributed by atoms with Gasteiger partial charge in [-0.1, -0.05) is 0 Å². The molecule has 1 aromatic rings. The summed E-state index contributed by atoms with van der Waals surface area (Å²) < 4.78 is 0. The van der Waals surface area contributed by atoms with Gasteiger partial charge >= 0.3 is 0 Å². The van der Waals surface area contributed by atoms with Crippen molar-refractivity contribution in [2.45, 2.75) is 25.5 Å². The molecule has 1 unspecified atom stereocenters. The van der Waals surface area contributed by atoms with Crippen LogP contribution in [0.3, 0.4) is 0 Å². The molecule has 2 rings (SSSR count). The lowest BCUT2D eigenvalue weighted by molar-refractivity contribution is -0.384. The number of nitrogens with zero attached hydrogens (tertiary/aromatic N) is 2. The maximum absolute atomic E-state index is 10.7. The number of rotatable bonds is 3. The Balaban J connectivity index is 2.14. The molecule has 6 nitrogen and oxygen atoms in total. The van der Waals surface area contributed by atoms with Crippen LogP contribution in [0.1, 0.15) is 18.9 Å². The summed E-state index contributed by atoms with van der Waals surface area (Å²) in [5, 5.41) is 20.6. The second-order valence-corrected chi connectivity index (χ2v) is 5.10. The number of benzene rings is 1. The fourth-order valence-electron chi connectivity index (χ4n) is 2.26. The smallest absolute Gasteiger partial charge is 0.269 e. The number of nitro groups is 1.